The largest absolute Gasteiger partial charge is 0.411 e. The number of aromatic nitrogens is 3. The van der Waals surface area contributed by atoms with Crippen molar-refractivity contribution in [2.45, 2.75) is 11.5 Å². The maximum Gasteiger partial charge on any atom is 0.277 e. The summed E-state index contributed by atoms with van der Waals surface area (Å²) < 4.78 is 16.2. The van der Waals surface area contributed by atoms with E-state index in [2.05, 4.69) is 15.2 Å². The highest BCUT2D eigenvalue weighted by atomic mass is 32.2. The molecule has 0 atom stereocenters. The maximum absolute atomic E-state index is 5.53. The maximum atomic E-state index is 5.53. The Morgan fingerprint density at radius 2 is 1.94 bits per heavy atom. The average molecular weight is 265 g/mol. The summed E-state index contributed by atoms with van der Waals surface area (Å²) in [6.45, 7) is 1.30. The molecule has 0 aliphatic carbocycles. The van der Waals surface area contributed by atoms with Gasteiger partial charge in [0.1, 0.15) is 0 Å². The van der Waals surface area contributed by atoms with Gasteiger partial charge in [0.05, 0.1) is 19.0 Å². The standard InChI is InChI=1S/C11H11N3O3S/c1-3-12-4-2-8(1)10-13-14-11(17-10)18-7-9-15-5-6-16-9/h1-4,9H,5-7H2. The molecule has 1 fully saturated rings. The van der Waals surface area contributed by atoms with Crippen LogP contribution in [0.5, 0.6) is 0 Å². The smallest absolute Gasteiger partial charge is 0.277 e. The van der Waals surface area contributed by atoms with Gasteiger partial charge in [-0.05, 0) is 12.1 Å². The lowest BCUT2D eigenvalue weighted by Gasteiger charge is -2.04. The molecule has 1 saturated heterocycles. The zero-order valence-corrected chi connectivity index (χ0v) is 10.3. The molecule has 0 unspecified atom stereocenters. The van der Waals surface area contributed by atoms with Crippen LogP contribution < -0.4 is 0 Å². The zero-order valence-electron chi connectivity index (χ0n) is 9.48. The van der Waals surface area contributed by atoms with Crippen molar-refractivity contribution < 1.29 is 13.9 Å². The highest BCUT2D eigenvalue weighted by Crippen LogP contribution is 2.24. The minimum atomic E-state index is -0.175. The van der Waals surface area contributed by atoms with Gasteiger partial charge in [-0.1, -0.05) is 11.8 Å². The van der Waals surface area contributed by atoms with Crippen molar-refractivity contribution in [3.8, 4) is 11.5 Å². The first-order valence-corrected chi connectivity index (χ1v) is 6.50. The molecule has 1 aliphatic rings. The van der Waals surface area contributed by atoms with Crippen molar-refractivity contribution in [3.05, 3.63) is 24.5 Å². The van der Waals surface area contributed by atoms with Gasteiger partial charge in [-0.25, -0.2) is 0 Å². The van der Waals surface area contributed by atoms with Gasteiger partial charge in [0.15, 0.2) is 6.29 Å². The molecule has 2 aromatic heterocycles. The average Bonchev–Trinajstić information content (AvgIpc) is 3.09. The summed E-state index contributed by atoms with van der Waals surface area (Å²) in [6.07, 6.45) is 3.20. The third-order valence-corrected chi connectivity index (χ3v) is 3.22. The zero-order chi connectivity index (χ0) is 12.2. The van der Waals surface area contributed by atoms with Crippen LogP contribution in [0, 0.1) is 0 Å². The monoisotopic (exact) mass is 265 g/mol. The molecule has 0 aromatic carbocycles. The summed E-state index contributed by atoms with van der Waals surface area (Å²) >= 11 is 1.43. The first-order valence-electron chi connectivity index (χ1n) is 5.52. The summed E-state index contributed by atoms with van der Waals surface area (Å²) in [4.78, 5) is 3.94. The molecule has 3 heterocycles. The predicted molar refractivity (Wildman–Crippen MR) is 63.9 cm³/mol. The van der Waals surface area contributed by atoms with Crippen molar-refractivity contribution in [1.82, 2.24) is 15.2 Å². The molecule has 7 heteroatoms. The number of hydrogen-bond donors (Lipinski definition) is 0. The minimum absolute atomic E-state index is 0.175. The van der Waals surface area contributed by atoms with Crippen molar-refractivity contribution in [2.24, 2.45) is 0 Å². The molecule has 0 amide bonds. The molecule has 2 aromatic rings. The summed E-state index contributed by atoms with van der Waals surface area (Å²) in [5, 5.41) is 8.47. The van der Waals surface area contributed by atoms with E-state index in [0.29, 0.717) is 30.1 Å². The number of pyridine rings is 1. The number of hydrogen-bond acceptors (Lipinski definition) is 7. The van der Waals surface area contributed by atoms with E-state index in [1.165, 1.54) is 11.8 Å². The van der Waals surface area contributed by atoms with Crippen LogP contribution in [0.3, 0.4) is 0 Å². The Labute approximate surface area is 108 Å². The normalized spacial score (nSPS) is 16.2. The van der Waals surface area contributed by atoms with E-state index in [9.17, 15) is 0 Å². The van der Waals surface area contributed by atoms with Gasteiger partial charge in [0.25, 0.3) is 5.22 Å². The number of rotatable bonds is 4. The lowest BCUT2D eigenvalue weighted by molar-refractivity contribution is -0.0215. The van der Waals surface area contributed by atoms with Crippen molar-refractivity contribution in [3.63, 3.8) is 0 Å². The van der Waals surface area contributed by atoms with Gasteiger partial charge in [0.2, 0.25) is 5.89 Å². The van der Waals surface area contributed by atoms with E-state index in [1.807, 2.05) is 12.1 Å². The Hall–Kier alpha value is -1.44. The Morgan fingerprint density at radius 3 is 2.72 bits per heavy atom. The van der Waals surface area contributed by atoms with Crippen LogP contribution in [0.1, 0.15) is 0 Å². The number of thioether (sulfide) groups is 1. The SMILES string of the molecule is c1cc(-c2nnc(SCC3OCCO3)o2)ccn1. The molecule has 0 N–H and O–H groups in total. The highest BCUT2D eigenvalue weighted by Gasteiger charge is 2.18. The molecule has 0 spiro atoms. The Balaban J connectivity index is 1.63. The van der Waals surface area contributed by atoms with Crippen LogP contribution in [0.4, 0.5) is 0 Å². The van der Waals surface area contributed by atoms with Crippen molar-refractivity contribution in [1.29, 1.82) is 0 Å². The molecule has 18 heavy (non-hydrogen) atoms. The van der Waals surface area contributed by atoms with Gasteiger partial charge in [0, 0.05) is 18.0 Å². The quantitative estimate of drug-likeness (QED) is 0.777. The van der Waals surface area contributed by atoms with Gasteiger partial charge < -0.3 is 13.9 Å². The molecule has 3 rings (SSSR count). The second-order valence-corrected chi connectivity index (χ2v) is 4.56. The number of nitrogens with zero attached hydrogens (tertiary/aromatic N) is 3. The Kier molecular flexibility index (Phi) is 3.54. The summed E-state index contributed by atoms with van der Waals surface area (Å²) in [5.74, 6) is 1.14. The lowest BCUT2D eigenvalue weighted by Crippen LogP contribution is -2.10. The van der Waals surface area contributed by atoms with Crippen LogP contribution in [-0.4, -0.2) is 40.4 Å². The van der Waals surface area contributed by atoms with Crippen LogP contribution in [0.2, 0.25) is 0 Å². The molecule has 0 saturated carbocycles. The van der Waals surface area contributed by atoms with E-state index in [-0.39, 0.29) is 6.29 Å². The second kappa shape index (κ2) is 5.47. The minimum Gasteiger partial charge on any atom is -0.411 e. The first kappa shape index (κ1) is 11.6. The fourth-order valence-corrected chi connectivity index (χ4v) is 2.23. The van der Waals surface area contributed by atoms with Gasteiger partial charge in [-0.3, -0.25) is 4.98 Å². The summed E-state index contributed by atoms with van der Waals surface area (Å²) in [5.41, 5.74) is 0.859. The van der Waals surface area contributed by atoms with Crippen LogP contribution in [0.15, 0.2) is 34.2 Å². The highest BCUT2D eigenvalue weighted by molar-refractivity contribution is 7.99. The van der Waals surface area contributed by atoms with Gasteiger partial charge >= 0.3 is 0 Å². The third-order valence-electron chi connectivity index (χ3n) is 2.37. The third kappa shape index (κ3) is 2.69. The van der Waals surface area contributed by atoms with E-state index < -0.39 is 0 Å². The van der Waals surface area contributed by atoms with E-state index >= 15 is 0 Å². The molecular formula is C11H11N3O3S. The van der Waals surface area contributed by atoms with Gasteiger partial charge in [-0.15, -0.1) is 10.2 Å². The summed E-state index contributed by atoms with van der Waals surface area (Å²) in [6, 6.07) is 3.65. The number of ether oxygens (including phenoxy) is 2. The van der Waals surface area contributed by atoms with Crippen molar-refractivity contribution in [2.75, 3.05) is 19.0 Å². The molecule has 0 radical (unpaired) electrons. The predicted octanol–water partition coefficient (Wildman–Crippen LogP) is 1.60. The Morgan fingerprint density at radius 1 is 1.17 bits per heavy atom. The summed E-state index contributed by atoms with van der Waals surface area (Å²) in [7, 11) is 0. The van der Waals surface area contributed by atoms with Crippen LogP contribution in [0.25, 0.3) is 11.5 Å². The second-order valence-electron chi connectivity index (χ2n) is 3.59. The van der Waals surface area contributed by atoms with Gasteiger partial charge in [-0.2, -0.15) is 0 Å². The molecule has 6 nitrogen and oxygen atoms in total. The topological polar surface area (TPSA) is 70.3 Å². The lowest BCUT2D eigenvalue weighted by atomic mass is 10.3. The Bertz CT molecular complexity index is 499. The van der Waals surface area contributed by atoms with E-state index in [4.69, 9.17) is 13.9 Å². The molecular weight excluding hydrogens is 254 g/mol. The van der Waals surface area contributed by atoms with Crippen LogP contribution in [-0.2, 0) is 9.47 Å². The first-order chi connectivity index (χ1) is 8.92. The fraction of sp³-hybridized carbons (Fsp3) is 0.364. The van der Waals surface area contributed by atoms with Crippen LogP contribution >= 0.6 is 11.8 Å². The van der Waals surface area contributed by atoms with E-state index in [1.54, 1.807) is 12.4 Å². The molecule has 0 bridgehead atoms. The fourth-order valence-electron chi connectivity index (χ4n) is 1.52. The molecule has 94 valence electrons. The van der Waals surface area contributed by atoms with Crippen molar-refractivity contribution >= 4 is 11.8 Å². The molecule has 1 aliphatic heterocycles. The van der Waals surface area contributed by atoms with E-state index in [0.717, 1.165) is 5.56 Å².